The number of para-hydroxylation sites is 2. The number of hydrogen-bond donors (Lipinski definition) is 1. The fourth-order valence-electron chi connectivity index (χ4n) is 5.66. The summed E-state index contributed by atoms with van der Waals surface area (Å²) in [5.74, 6) is -2.59. The van der Waals surface area contributed by atoms with Crippen molar-refractivity contribution < 1.29 is 19.1 Å². The maximum Gasteiger partial charge on any atom is 0.314 e. The van der Waals surface area contributed by atoms with Gasteiger partial charge in [-0.25, -0.2) is 0 Å². The second-order valence-corrected chi connectivity index (χ2v) is 8.77. The Morgan fingerprint density at radius 2 is 1.76 bits per heavy atom. The number of thiocarbonyl (C=S) groups is 1. The maximum absolute atomic E-state index is 14.2. The van der Waals surface area contributed by atoms with E-state index in [-0.39, 0.29) is 30.0 Å². The number of rotatable bonds is 4. The van der Waals surface area contributed by atoms with Crippen molar-refractivity contribution >= 4 is 46.4 Å². The van der Waals surface area contributed by atoms with Crippen LogP contribution < -0.4 is 15.1 Å². The number of likely N-dealkylation sites (N-methyl/N-ethyl adjacent to an activating group) is 1. The zero-order valence-electron chi connectivity index (χ0n) is 18.3. The van der Waals surface area contributed by atoms with E-state index in [4.69, 9.17) is 17.0 Å². The molecule has 0 saturated carbocycles. The second kappa shape index (κ2) is 7.25. The van der Waals surface area contributed by atoms with Crippen molar-refractivity contribution in [3.63, 3.8) is 0 Å². The van der Waals surface area contributed by atoms with Gasteiger partial charge in [0.2, 0.25) is 5.91 Å². The monoisotopic (exact) mass is 461 g/mol. The Balaban J connectivity index is 1.85. The van der Waals surface area contributed by atoms with Crippen molar-refractivity contribution in [3.8, 4) is 0 Å². The Labute approximate surface area is 197 Å². The summed E-state index contributed by atoms with van der Waals surface area (Å²) in [6.07, 6.45) is 1.62. The van der Waals surface area contributed by atoms with Gasteiger partial charge in [0.25, 0.3) is 5.91 Å². The highest BCUT2D eigenvalue weighted by atomic mass is 32.1. The Bertz CT molecular complexity index is 1240. The van der Waals surface area contributed by atoms with E-state index in [0.717, 1.165) is 0 Å². The Morgan fingerprint density at radius 3 is 2.42 bits per heavy atom. The molecule has 0 aromatic heterocycles. The highest BCUT2D eigenvalue weighted by molar-refractivity contribution is 7.80. The van der Waals surface area contributed by atoms with Crippen LogP contribution in [0.4, 0.5) is 11.4 Å². The Hall–Kier alpha value is -3.52. The molecule has 0 bridgehead atoms. The molecule has 3 atom stereocenters. The van der Waals surface area contributed by atoms with Crippen molar-refractivity contribution in [2.45, 2.75) is 17.9 Å². The summed E-state index contributed by atoms with van der Waals surface area (Å²) in [6.45, 7) is 5.82. The molecule has 0 aliphatic carbocycles. The third-order valence-corrected chi connectivity index (χ3v) is 7.33. The van der Waals surface area contributed by atoms with Gasteiger partial charge in [-0.2, -0.15) is 0 Å². The second-order valence-electron chi connectivity index (χ2n) is 8.36. The number of hydrogen-bond acceptors (Lipinski definition) is 5. The van der Waals surface area contributed by atoms with E-state index in [1.807, 2.05) is 24.3 Å². The van der Waals surface area contributed by atoms with E-state index >= 15 is 0 Å². The van der Waals surface area contributed by atoms with Crippen LogP contribution in [0.1, 0.15) is 18.1 Å². The van der Waals surface area contributed by atoms with Gasteiger partial charge >= 0.3 is 5.97 Å². The predicted molar refractivity (Wildman–Crippen MR) is 128 cm³/mol. The first kappa shape index (κ1) is 21.3. The number of esters is 1. The minimum atomic E-state index is -1.57. The average molecular weight is 462 g/mol. The molecular weight excluding hydrogens is 438 g/mol. The predicted octanol–water partition coefficient (Wildman–Crippen LogP) is 2.44. The van der Waals surface area contributed by atoms with Crippen molar-refractivity contribution in [1.29, 1.82) is 0 Å². The lowest BCUT2D eigenvalue weighted by molar-refractivity contribution is -0.156. The zero-order valence-corrected chi connectivity index (χ0v) is 19.1. The van der Waals surface area contributed by atoms with Crippen LogP contribution in [-0.4, -0.2) is 43.0 Å². The number of carbonyl (C=O) groups excluding carboxylic acids is 3. The van der Waals surface area contributed by atoms with Gasteiger partial charge in [-0.3, -0.25) is 14.4 Å². The molecular formula is C25H23N3O4S. The van der Waals surface area contributed by atoms with Crippen molar-refractivity contribution in [2.75, 3.05) is 30.0 Å². The summed E-state index contributed by atoms with van der Waals surface area (Å²) in [6, 6.07) is 14.5. The Kier molecular flexibility index (Phi) is 4.68. The van der Waals surface area contributed by atoms with E-state index in [2.05, 4.69) is 11.9 Å². The zero-order chi connectivity index (χ0) is 23.5. The molecule has 3 aliphatic rings. The third kappa shape index (κ3) is 2.39. The number of benzene rings is 2. The molecule has 2 aromatic rings. The SMILES string of the molecule is C=CCN1C(=O)[C@@]2(C(=S)N[C@]3(C(=O)N(C)c4ccccc43)[C@H]2C(=O)OCC)c2ccccc21. The number of amides is 2. The van der Waals surface area contributed by atoms with Gasteiger partial charge in [-0.15, -0.1) is 6.58 Å². The molecule has 3 aliphatic heterocycles. The van der Waals surface area contributed by atoms with Gasteiger partial charge in [0, 0.05) is 30.5 Å². The molecule has 2 amide bonds. The fraction of sp³-hybridized carbons (Fsp3) is 0.280. The van der Waals surface area contributed by atoms with Gasteiger partial charge in [0.1, 0.15) is 11.3 Å². The van der Waals surface area contributed by atoms with Gasteiger partial charge in [0.05, 0.1) is 11.6 Å². The van der Waals surface area contributed by atoms with E-state index in [9.17, 15) is 14.4 Å². The average Bonchev–Trinajstić information content (AvgIpc) is 3.32. The highest BCUT2D eigenvalue weighted by Gasteiger charge is 2.76. The van der Waals surface area contributed by atoms with Crippen LogP contribution >= 0.6 is 12.2 Å². The molecule has 0 unspecified atom stereocenters. The Morgan fingerprint density at radius 1 is 1.12 bits per heavy atom. The van der Waals surface area contributed by atoms with Crippen LogP contribution in [0.25, 0.3) is 0 Å². The number of ether oxygens (including phenoxy) is 1. The summed E-state index contributed by atoms with van der Waals surface area (Å²) >= 11 is 5.83. The molecule has 33 heavy (non-hydrogen) atoms. The van der Waals surface area contributed by atoms with Crippen LogP contribution in [-0.2, 0) is 30.1 Å². The number of anilines is 2. The summed E-state index contributed by atoms with van der Waals surface area (Å²) < 4.78 is 5.50. The molecule has 8 heteroatoms. The molecule has 1 fully saturated rings. The molecule has 1 saturated heterocycles. The van der Waals surface area contributed by atoms with E-state index in [1.165, 1.54) is 4.90 Å². The minimum Gasteiger partial charge on any atom is -0.466 e. The van der Waals surface area contributed by atoms with Crippen molar-refractivity contribution in [3.05, 3.63) is 72.3 Å². The van der Waals surface area contributed by atoms with E-state index < -0.39 is 22.8 Å². The minimum absolute atomic E-state index is 0.103. The van der Waals surface area contributed by atoms with Crippen LogP contribution in [0.3, 0.4) is 0 Å². The van der Waals surface area contributed by atoms with Gasteiger partial charge < -0.3 is 19.9 Å². The van der Waals surface area contributed by atoms with Crippen LogP contribution in [0, 0.1) is 5.92 Å². The molecule has 1 N–H and O–H groups in total. The van der Waals surface area contributed by atoms with Gasteiger partial charge in [-0.05, 0) is 24.6 Å². The molecule has 0 radical (unpaired) electrons. The summed E-state index contributed by atoms with van der Waals surface area (Å²) in [5, 5.41) is 3.19. The third-order valence-electron chi connectivity index (χ3n) is 6.90. The smallest absolute Gasteiger partial charge is 0.314 e. The first-order valence-corrected chi connectivity index (χ1v) is 11.2. The number of fused-ring (bicyclic) bond motifs is 4. The topological polar surface area (TPSA) is 79.0 Å². The molecule has 7 nitrogen and oxygen atoms in total. The van der Waals surface area contributed by atoms with Gasteiger partial charge in [0.15, 0.2) is 5.54 Å². The lowest BCUT2D eigenvalue weighted by atomic mass is 9.65. The normalized spacial score (nSPS) is 27.2. The van der Waals surface area contributed by atoms with Crippen LogP contribution in [0.5, 0.6) is 0 Å². The van der Waals surface area contributed by atoms with Crippen LogP contribution in [0.2, 0.25) is 0 Å². The lowest BCUT2D eigenvalue weighted by Crippen LogP contribution is -2.56. The van der Waals surface area contributed by atoms with Gasteiger partial charge in [-0.1, -0.05) is 54.7 Å². The first-order valence-electron chi connectivity index (χ1n) is 10.8. The fourth-order valence-corrected chi connectivity index (χ4v) is 6.14. The summed E-state index contributed by atoms with van der Waals surface area (Å²) in [4.78, 5) is 45.0. The van der Waals surface area contributed by atoms with Crippen LogP contribution in [0.15, 0.2) is 61.2 Å². The number of carbonyl (C=O) groups is 3. The number of nitrogens with one attached hydrogen (secondary N) is 1. The molecule has 2 spiro atoms. The number of nitrogens with zero attached hydrogens (tertiary/aromatic N) is 2. The molecule has 5 rings (SSSR count). The highest BCUT2D eigenvalue weighted by Crippen LogP contribution is 2.59. The first-order chi connectivity index (χ1) is 15.9. The maximum atomic E-state index is 14.2. The molecule has 3 heterocycles. The molecule has 168 valence electrons. The van der Waals surface area contributed by atoms with E-state index in [0.29, 0.717) is 22.5 Å². The standard InChI is InChI=1S/C25H23N3O4S/c1-4-14-28-18-13-9-6-10-15(18)24(22(28)30)19(20(29)32-5-2)25(26-21(24)33)16-11-7-8-12-17(16)27(3)23(25)31/h4,6-13,19H,1,5,14H2,2-3H3,(H,26,33)/t19-,24-,25-/m0/s1. The largest absolute Gasteiger partial charge is 0.466 e. The quantitative estimate of drug-likeness (QED) is 0.428. The molecule has 2 aromatic carbocycles. The summed E-state index contributed by atoms with van der Waals surface area (Å²) in [5.41, 5.74) is -0.640. The van der Waals surface area contributed by atoms with Crippen molar-refractivity contribution in [2.24, 2.45) is 5.92 Å². The summed E-state index contributed by atoms with van der Waals surface area (Å²) in [7, 11) is 1.66. The van der Waals surface area contributed by atoms with E-state index in [1.54, 1.807) is 49.2 Å². The lowest BCUT2D eigenvalue weighted by Gasteiger charge is -2.34. The van der Waals surface area contributed by atoms with Crippen molar-refractivity contribution in [1.82, 2.24) is 5.32 Å².